The second-order valence-electron chi connectivity index (χ2n) is 9.61. The molecule has 4 aromatic rings. The summed E-state index contributed by atoms with van der Waals surface area (Å²) in [5, 5.41) is 17.7. The van der Waals surface area contributed by atoms with Crippen molar-refractivity contribution in [3.05, 3.63) is 77.3 Å². The van der Waals surface area contributed by atoms with Gasteiger partial charge < -0.3 is 29.6 Å². The van der Waals surface area contributed by atoms with Crippen LogP contribution in [0.1, 0.15) is 41.7 Å². The van der Waals surface area contributed by atoms with Crippen molar-refractivity contribution in [2.45, 2.75) is 51.3 Å². The van der Waals surface area contributed by atoms with E-state index in [9.17, 15) is 9.82 Å². The number of nitrogens with one attached hydrogen (secondary N) is 2. The molecule has 3 N–H and O–H groups in total. The Balaban J connectivity index is 1.11. The van der Waals surface area contributed by atoms with E-state index in [1.54, 1.807) is 18.2 Å². The van der Waals surface area contributed by atoms with Crippen LogP contribution in [0.25, 0.3) is 10.2 Å². The van der Waals surface area contributed by atoms with E-state index in [1.165, 1.54) is 0 Å². The number of hydrogen-bond donors (Lipinski definition) is 3. The Labute approximate surface area is 221 Å². The molecule has 1 fully saturated rings. The molecule has 2 aromatic carbocycles. The van der Waals surface area contributed by atoms with E-state index in [1.807, 2.05) is 77.7 Å². The normalized spacial score (nSPS) is 17.5. The zero-order valence-electron chi connectivity index (χ0n) is 21.1. The number of rotatable bonds is 9. The van der Waals surface area contributed by atoms with Gasteiger partial charge in [-0.25, -0.2) is 0 Å². The van der Waals surface area contributed by atoms with Gasteiger partial charge in [-0.15, -0.1) is 11.3 Å². The first-order chi connectivity index (χ1) is 17.9. The summed E-state index contributed by atoms with van der Waals surface area (Å²) in [6.07, 6.45) is 4.14. The summed E-state index contributed by atoms with van der Waals surface area (Å²) in [6.45, 7) is 2.15. The lowest BCUT2D eigenvalue weighted by Gasteiger charge is -2.30. The van der Waals surface area contributed by atoms with Gasteiger partial charge in [-0.05, 0) is 98.0 Å². The fourth-order valence-electron chi connectivity index (χ4n) is 4.86. The smallest absolute Gasteiger partial charge is 0.373 e. The Bertz CT molecular complexity index is 1340. The van der Waals surface area contributed by atoms with Crippen molar-refractivity contribution in [2.75, 3.05) is 5.32 Å². The summed E-state index contributed by atoms with van der Waals surface area (Å²) in [6, 6.07) is 19.7. The maximum absolute atomic E-state index is 12.8. The second-order valence-corrected chi connectivity index (χ2v) is 10.6. The largest absolute Gasteiger partial charge is 0.490 e. The highest BCUT2D eigenvalue weighted by atomic mass is 32.1. The number of ether oxygens (including phenoxy) is 2. The van der Waals surface area contributed by atoms with Crippen LogP contribution < -0.4 is 20.0 Å². The van der Waals surface area contributed by atoms with Crippen molar-refractivity contribution >= 4 is 40.2 Å². The van der Waals surface area contributed by atoms with Crippen molar-refractivity contribution in [1.82, 2.24) is 9.79 Å². The highest BCUT2D eigenvalue weighted by Crippen LogP contribution is 2.27. The zero-order valence-corrected chi connectivity index (χ0v) is 22.0. The van der Waals surface area contributed by atoms with Crippen LogP contribution in [-0.4, -0.2) is 34.7 Å². The molecule has 5 rings (SSSR count). The minimum Gasteiger partial charge on any atom is -0.490 e. The summed E-state index contributed by atoms with van der Waals surface area (Å²) in [7, 11) is 1.44. The first-order valence-corrected chi connectivity index (χ1v) is 13.6. The van der Waals surface area contributed by atoms with Crippen LogP contribution in [0.4, 0.5) is 5.69 Å². The van der Waals surface area contributed by atoms with Crippen LogP contribution >= 0.6 is 11.3 Å². The van der Waals surface area contributed by atoms with Gasteiger partial charge in [0.1, 0.15) is 23.8 Å². The van der Waals surface area contributed by atoms with Gasteiger partial charge in [-0.3, -0.25) is 4.79 Å². The summed E-state index contributed by atoms with van der Waals surface area (Å²) >= 11 is 1.63. The number of hydrogen-bond acceptors (Lipinski definition) is 6. The fourth-order valence-corrected chi connectivity index (χ4v) is 5.71. The molecule has 1 aliphatic rings. The molecule has 7 nitrogen and oxygen atoms in total. The lowest BCUT2D eigenvalue weighted by molar-refractivity contribution is 0.101. The van der Waals surface area contributed by atoms with Crippen molar-refractivity contribution < 1.29 is 19.3 Å². The first-order valence-electron chi connectivity index (χ1n) is 12.7. The quantitative estimate of drug-likeness (QED) is 0.257. The molecule has 1 aliphatic carbocycles. The molecule has 37 heavy (non-hydrogen) atoms. The highest BCUT2D eigenvalue weighted by molar-refractivity contribution is 7.17. The van der Waals surface area contributed by atoms with Gasteiger partial charge in [0.25, 0.3) is 5.91 Å². The number of carbonyl (C=O) groups excluding carboxylic acids is 1. The van der Waals surface area contributed by atoms with Crippen LogP contribution in [0, 0.1) is 0 Å². The van der Waals surface area contributed by atoms with E-state index < -0.39 is 7.05 Å². The van der Waals surface area contributed by atoms with Crippen molar-refractivity contribution in [3.63, 3.8) is 0 Å². The van der Waals surface area contributed by atoms with Gasteiger partial charge >= 0.3 is 7.05 Å². The standard InChI is InChI=1S/C28H32BN3O4S/c1-29(34)31-20-6-8-23(9-7-20)36-24-12-10-22(11-13-24)35-18-19-4-3-5-21(16-19)30-28(33)26-17-27-25(32(26)2)14-15-37-27/h3-5,10-17,20,23,31,34H,6-9,18H2,1-2H3,(H,30,33)/t20-,23-. The molecule has 0 radical (unpaired) electrons. The number of aromatic nitrogens is 1. The van der Waals surface area contributed by atoms with Gasteiger partial charge in [0.05, 0.1) is 16.3 Å². The molecular formula is C28H32BN3O4S. The minimum atomic E-state index is -0.469. The number of carbonyl (C=O) groups is 1. The van der Waals surface area contributed by atoms with E-state index in [-0.39, 0.29) is 12.0 Å². The molecule has 2 aromatic heterocycles. The fraction of sp³-hybridized carbons (Fsp3) is 0.321. The van der Waals surface area contributed by atoms with Gasteiger partial charge in [0.15, 0.2) is 0 Å². The third kappa shape index (κ3) is 6.36. The third-order valence-corrected chi connectivity index (χ3v) is 7.62. The molecule has 0 atom stereocenters. The topological polar surface area (TPSA) is 84.8 Å². The number of nitrogens with zero attached hydrogens (tertiary/aromatic N) is 1. The minimum absolute atomic E-state index is 0.132. The van der Waals surface area contributed by atoms with Crippen LogP contribution in [0.5, 0.6) is 11.5 Å². The molecule has 192 valence electrons. The SMILES string of the molecule is CB(O)N[C@H]1CC[C@H](Oc2ccc(OCc3cccc(NC(=O)c4cc5sccc5n4C)c3)cc2)CC1. The Morgan fingerprint density at radius 2 is 1.84 bits per heavy atom. The summed E-state index contributed by atoms with van der Waals surface area (Å²) < 4.78 is 15.1. The number of fused-ring (bicyclic) bond motifs is 1. The van der Waals surface area contributed by atoms with Gasteiger partial charge in [-0.2, -0.15) is 0 Å². The monoisotopic (exact) mass is 517 g/mol. The van der Waals surface area contributed by atoms with E-state index >= 15 is 0 Å². The second kappa shape index (κ2) is 11.4. The molecule has 0 spiro atoms. The summed E-state index contributed by atoms with van der Waals surface area (Å²) in [4.78, 5) is 12.8. The third-order valence-electron chi connectivity index (χ3n) is 6.76. The highest BCUT2D eigenvalue weighted by Gasteiger charge is 2.23. The first kappa shape index (κ1) is 25.4. The zero-order chi connectivity index (χ0) is 25.8. The van der Waals surface area contributed by atoms with Gasteiger partial charge in [0.2, 0.25) is 0 Å². The van der Waals surface area contributed by atoms with Crippen LogP contribution in [0.15, 0.2) is 66.0 Å². The van der Waals surface area contributed by atoms with Crippen molar-refractivity contribution in [1.29, 1.82) is 0 Å². The lowest BCUT2D eigenvalue weighted by Crippen LogP contribution is -2.43. The maximum Gasteiger partial charge on any atom is 0.373 e. The molecule has 0 saturated heterocycles. The predicted molar refractivity (Wildman–Crippen MR) is 150 cm³/mol. The summed E-state index contributed by atoms with van der Waals surface area (Å²) in [5.41, 5.74) is 3.40. The van der Waals surface area contributed by atoms with E-state index in [4.69, 9.17) is 9.47 Å². The lowest BCUT2D eigenvalue weighted by atomic mass is 9.83. The average molecular weight is 517 g/mol. The molecule has 9 heteroatoms. The van der Waals surface area contributed by atoms with Gasteiger partial charge in [0, 0.05) is 12.7 Å². The molecule has 0 aliphatic heterocycles. The predicted octanol–water partition coefficient (Wildman–Crippen LogP) is 5.46. The van der Waals surface area contributed by atoms with Crippen LogP contribution in [0.2, 0.25) is 6.82 Å². The molecule has 0 bridgehead atoms. The van der Waals surface area contributed by atoms with Gasteiger partial charge in [-0.1, -0.05) is 12.1 Å². The molecule has 1 saturated carbocycles. The maximum atomic E-state index is 12.8. The number of thiophene rings is 1. The summed E-state index contributed by atoms with van der Waals surface area (Å²) in [5.74, 6) is 1.47. The number of amides is 1. The Kier molecular flexibility index (Phi) is 7.83. The van der Waals surface area contributed by atoms with Crippen molar-refractivity contribution in [2.24, 2.45) is 7.05 Å². The Morgan fingerprint density at radius 3 is 2.57 bits per heavy atom. The number of aryl methyl sites for hydroxylation is 1. The van der Waals surface area contributed by atoms with E-state index in [2.05, 4.69) is 10.5 Å². The number of anilines is 1. The molecule has 1 amide bonds. The Morgan fingerprint density at radius 1 is 1.08 bits per heavy atom. The average Bonchev–Trinajstić information content (AvgIpc) is 3.48. The van der Waals surface area contributed by atoms with E-state index in [0.29, 0.717) is 18.3 Å². The van der Waals surface area contributed by atoms with Crippen molar-refractivity contribution in [3.8, 4) is 11.5 Å². The van der Waals surface area contributed by atoms with Crippen LogP contribution in [0.3, 0.4) is 0 Å². The van der Waals surface area contributed by atoms with Crippen LogP contribution in [-0.2, 0) is 13.7 Å². The van der Waals surface area contributed by atoms with E-state index in [0.717, 1.165) is 58.6 Å². The molecule has 2 heterocycles. The Hall–Kier alpha value is -3.27. The molecule has 0 unspecified atom stereocenters. The molecular weight excluding hydrogens is 485 g/mol. The number of benzene rings is 2.